The van der Waals surface area contributed by atoms with Gasteiger partial charge in [-0.1, -0.05) is 30.3 Å². The van der Waals surface area contributed by atoms with Gasteiger partial charge in [0.05, 0.1) is 19.3 Å². The van der Waals surface area contributed by atoms with Crippen LogP contribution >= 0.6 is 0 Å². The number of anilines is 1. The second-order valence-corrected chi connectivity index (χ2v) is 7.51. The van der Waals surface area contributed by atoms with Crippen LogP contribution in [-0.4, -0.2) is 54.7 Å². The molecule has 0 amide bonds. The van der Waals surface area contributed by atoms with Gasteiger partial charge in [-0.15, -0.1) is 0 Å². The monoisotopic (exact) mass is 395 g/mol. The van der Waals surface area contributed by atoms with Gasteiger partial charge in [0.25, 0.3) is 0 Å². The molecule has 0 spiro atoms. The molecule has 0 aliphatic carbocycles. The van der Waals surface area contributed by atoms with Crippen LogP contribution < -0.4 is 10.2 Å². The van der Waals surface area contributed by atoms with Crippen molar-refractivity contribution in [3.05, 3.63) is 59.8 Å². The van der Waals surface area contributed by atoms with Gasteiger partial charge >= 0.3 is 0 Å². The van der Waals surface area contributed by atoms with E-state index in [1.165, 1.54) is 11.1 Å². The molecule has 1 aromatic heterocycles. The van der Waals surface area contributed by atoms with Crippen LogP contribution in [0.2, 0.25) is 0 Å². The Morgan fingerprint density at radius 1 is 1.10 bits per heavy atom. The van der Waals surface area contributed by atoms with Crippen molar-refractivity contribution in [2.45, 2.75) is 40.0 Å². The first-order chi connectivity index (χ1) is 14.2. The van der Waals surface area contributed by atoms with Crippen LogP contribution in [0, 0.1) is 0 Å². The second-order valence-electron chi connectivity index (χ2n) is 7.51. The number of pyridine rings is 1. The molecule has 1 aliphatic heterocycles. The third kappa shape index (κ3) is 6.46. The average Bonchev–Trinajstić information content (AvgIpc) is 2.76. The predicted molar refractivity (Wildman–Crippen MR) is 119 cm³/mol. The molecule has 1 saturated heterocycles. The molecule has 6 nitrogen and oxygen atoms in total. The molecule has 2 heterocycles. The number of guanidine groups is 1. The Morgan fingerprint density at radius 2 is 1.90 bits per heavy atom. The minimum atomic E-state index is 0.238. The standard InChI is InChI=1S/C23H33N5O/c1-4-24-23(26-17-20-8-7-9-21(16-20)18-29-19(2)3)28-14-12-27(13-15-28)22-10-5-6-11-25-22/h5-11,16,19H,4,12-15,17-18H2,1-3H3,(H,24,26). The van der Waals surface area contributed by atoms with Gasteiger partial charge in [0.15, 0.2) is 5.96 Å². The van der Waals surface area contributed by atoms with Gasteiger partial charge < -0.3 is 19.9 Å². The van der Waals surface area contributed by atoms with Gasteiger partial charge in [0.1, 0.15) is 5.82 Å². The molecule has 0 atom stereocenters. The normalized spacial score (nSPS) is 15.1. The lowest BCUT2D eigenvalue weighted by molar-refractivity contribution is 0.0657. The Kier molecular flexibility index (Phi) is 7.87. The van der Waals surface area contributed by atoms with E-state index in [0.29, 0.717) is 13.2 Å². The number of ether oxygens (including phenoxy) is 1. The first kappa shape index (κ1) is 21.1. The maximum atomic E-state index is 5.72. The van der Waals surface area contributed by atoms with E-state index in [1.807, 2.05) is 18.3 Å². The molecule has 0 bridgehead atoms. The van der Waals surface area contributed by atoms with E-state index in [1.54, 1.807) is 0 Å². The van der Waals surface area contributed by atoms with Gasteiger partial charge in [0.2, 0.25) is 0 Å². The second kappa shape index (κ2) is 10.8. The smallest absolute Gasteiger partial charge is 0.194 e. The molecule has 6 heteroatoms. The van der Waals surface area contributed by atoms with Crippen LogP contribution in [0.1, 0.15) is 31.9 Å². The molecule has 29 heavy (non-hydrogen) atoms. The summed E-state index contributed by atoms with van der Waals surface area (Å²) in [6.45, 7) is 12.2. The zero-order valence-electron chi connectivity index (χ0n) is 17.8. The van der Waals surface area contributed by atoms with Crippen molar-refractivity contribution in [3.63, 3.8) is 0 Å². The maximum absolute atomic E-state index is 5.72. The maximum Gasteiger partial charge on any atom is 0.194 e. The summed E-state index contributed by atoms with van der Waals surface area (Å²) in [4.78, 5) is 14.0. The fourth-order valence-corrected chi connectivity index (χ4v) is 3.36. The molecule has 0 unspecified atom stereocenters. The largest absolute Gasteiger partial charge is 0.374 e. The highest BCUT2D eigenvalue weighted by molar-refractivity contribution is 5.80. The van der Waals surface area contributed by atoms with Crippen LogP contribution in [0.4, 0.5) is 5.82 Å². The van der Waals surface area contributed by atoms with Crippen molar-refractivity contribution in [1.29, 1.82) is 0 Å². The Bertz CT molecular complexity index is 770. The minimum absolute atomic E-state index is 0.238. The number of piperazine rings is 1. The van der Waals surface area contributed by atoms with Crippen molar-refractivity contribution in [2.75, 3.05) is 37.6 Å². The van der Waals surface area contributed by atoms with E-state index in [0.717, 1.165) is 44.5 Å². The van der Waals surface area contributed by atoms with Gasteiger partial charge in [-0.05, 0) is 44.0 Å². The average molecular weight is 396 g/mol. The SMILES string of the molecule is CCNC(=NCc1cccc(COC(C)C)c1)N1CCN(c2ccccn2)CC1. The Morgan fingerprint density at radius 3 is 2.59 bits per heavy atom. The van der Waals surface area contributed by atoms with Gasteiger partial charge in [-0.3, -0.25) is 0 Å². The summed E-state index contributed by atoms with van der Waals surface area (Å²) in [5.74, 6) is 2.03. The summed E-state index contributed by atoms with van der Waals surface area (Å²) in [5.41, 5.74) is 2.40. The molecule has 3 rings (SSSR count). The quantitative estimate of drug-likeness (QED) is 0.576. The van der Waals surface area contributed by atoms with Crippen molar-refractivity contribution < 1.29 is 4.74 Å². The third-order valence-electron chi connectivity index (χ3n) is 4.87. The molecular formula is C23H33N5O. The fraction of sp³-hybridized carbons (Fsp3) is 0.478. The number of aromatic nitrogens is 1. The summed E-state index contributed by atoms with van der Waals surface area (Å²) < 4.78 is 5.72. The summed E-state index contributed by atoms with van der Waals surface area (Å²) in [7, 11) is 0. The van der Waals surface area contributed by atoms with E-state index in [9.17, 15) is 0 Å². The van der Waals surface area contributed by atoms with Crippen molar-refractivity contribution in [3.8, 4) is 0 Å². The summed E-state index contributed by atoms with van der Waals surface area (Å²) in [6, 6.07) is 14.6. The van der Waals surface area contributed by atoms with Crippen molar-refractivity contribution in [1.82, 2.24) is 15.2 Å². The molecule has 0 saturated carbocycles. The minimum Gasteiger partial charge on any atom is -0.374 e. The summed E-state index contributed by atoms with van der Waals surface area (Å²) >= 11 is 0. The number of nitrogens with zero attached hydrogens (tertiary/aromatic N) is 4. The summed E-state index contributed by atoms with van der Waals surface area (Å²) in [6.07, 6.45) is 2.09. The lowest BCUT2D eigenvalue weighted by Crippen LogP contribution is -2.52. The molecule has 1 aromatic carbocycles. The van der Waals surface area contributed by atoms with E-state index in [-0.39, 0.29) is 6.10 Å². The zero-order valence-corrected chi connectivity index (χ0v) is 17.8. The van der Waals surface area contributed by atoms with Gasteiger partial charge in [-0.2, -0.15) is 0 Å². The number of nitrogens with one attached hydrogen (secondary N) is 1. The summed E-state index contributed by atoms with van der Waals surface area (Å²) in [5, 5.41) is 3.45. The lowest BCUT2D eigenvalue weighted by atomic mass is 10.1. The predicted octanol–water partition coefficient (Wildman–Crippen LogP) is 3.29. The number of hydrogen-bond acceptors (Lipinski definition) is 4. The van der Waals surface area contributed by atoms with Crippen LogP contribution in [0.3, 0.4) is 0 Å². The first-order valence-electron chi connectivity index (χ1n) is 10.5. The van der Waals surface area contributed by atoms with Crippen LogP contribution in [0.15, 0.2) is 53.7 Å². The van der Waals surface area contributed by atoms with E-state index in [2.05, 4.69) is 71.2 Å². The Hall–Kier alpha value is -2.60. The van der Waals surface area contributed by atoms with E-state index >= 15 is 0 Å². The van der Waals surface area contributed by atoms with Gasteiger partial charge in [0, 0.05) is 38.9 Å². The van der Waals surface area contributed by atoms with Crippen molar-refractivity contribution >= 4 is 11.8 Å². The molecule has 0 radical (unpaired) electrons. The highest BCUT2D eigenvalue weighted by Gasteiger charge is 2.20. The molecule has 1 aliphatic rings. The molecular weight excluding hydrogens is 362 g/mol. The topological polar surface area (TPSA) is 53.0 Å². The fourth-order valence-electron chi connectivity index (χ4n) is 3.36. The van der Waals surface area contributed by atoms with Crippen molar-refractivity contribution in [2.24, 2.45) is 4.99 Å². The number of rotatable bonds is 7. The molecule has 156 valence electrons. The van der Waals surface area contributed by atoms with Crippen LogP contribution in [0.25, 0.3) is 0 Å². The zero-order chi connectivity index (χ0) is 20.5. The van der Waals surface area contributed by atoms with Crippen LogP contribution in [-0.2, 0) is 17.9 Å². The van der Waals surface area contributed by atoms with Gasteiger partial charge in [-0.25, -0.2) is 9.98 Å². The Labute approximate surface area is 174 Å². The van der Waals surface area contributed by atoms with E-state index in [4.69, 9.17) is 9.73 Å². The van der Waals surface area contributed by atoms with E-state index < -0.39 is 0 Å². The number of benzene rings is 1. The third-order valence-corrected chi connectivity index (χ3v) is 4.87. The number of aliphatic imine (C=N–C) groups is 1. The lowest BCUT2D eigenvalue weighted by Gasteiger charge is -2.37. The highest BCUT2D eigenvalue weighted by Crippen LogP contribution is 2.13. The Balaban J connectivity index is 1.60. The van der Waals surface area contributed by atoms with Crippen LogP contribution in [0.5, 0.6) is 0 Å². The first-order valence-corrected chi connectivity index (χ1v) is 10.5. The highest BCUT2D eigenvalue weighted by atomic mass is 16.5. The molecule has 2 aromatic rings. The number of hydrogen-bond donors (Lipinski definition) is 1. The molecule has 1 N–H and O–H groups in total. The molecule has 1 fully saturated rings.